The van der Waals surface area contributed by atoms with Crippen LogP contribution in [0, 0.1) is 56.2 Å². The number of nitrogens with zero attached hydrogens (tertiary/aromatic N) is 2. The molecule has 0 bridgehead atoms. The Labute approximate surface area is 344 Å². The Morgan fingerprint density at radius 3 is 2.19 bits per heavy atom. The molecule has 0 radical (unpaired) electrons. The Balaban J connectivity index is 1.27. The predicted octanol–water partition coefficient (Wildman–Crippen LogP) is 8.85. The predicted molar refractivity (Wildman–Crippen MR) is 226 cm³/mol. The number of esters is 1. The summed E-state index contributed by atoms with van der Waals surface area (Å²) in [6.07, 6.45) is 8.26. The number of carbonyl (C=O) groups is 3. The van der Waals surface area contributed by atoms with E-state index in [0.717, 1.165) is 83.0 Å². The zero-order chi connectivity index (χ0) is 41.9. The van der Waals surface area contributed by atoms with Crippen molar-refractivity contribution < 1.29 is 29.3 Å². The molecule has 1 aromatic rings. The van der Waals surface area contributed by atoms with Crippen LogP contribution < -0.4 is 0 Å². The Kier molecular flexibility index (Phi) is 12.2. The molecule has 6 rings (SSSR count). The fourth-order valence-corrected chi connectivity index (χ4v) is 13.9. The van der Waals surface area contributed by atoms with Gasteiger partial charge < -0.3 is 19.8 Å². The fourth-order valence-electron chi connectivity index (χ4n) is 13.9. The van der Waals surface area contributed by atoms with E-state index in [1.54, 1.807) is 13.8 Å². The Morgan fingerprint density at radius 2 is 1.56 bits per heavy atom. The summed E-state index contributed by atoms with van der Waals surface area (Å²) < 4.78 is 6.20. The van der Waals surface area contributed by atoms with Gasteiger partial charge in [-0.25, -0.2) is 0 Å². The topological polar surface area (TPSA) is 107 Å². The summed E-state index contributed by atoms with van der Waals surface area (Å²) in [5.74, 6) is 0.0937. The number of aliphatic hydroxyl groups excluding tert-OH is 1. The molecule has 0 heterocycles. The van der Waals surface area contributed by atoms with E-state index in [4.69, 9.17) is 4.74 Å². The number of likely N-dealkylation sites (N-methyl/N-ethyl adjacent to an activating group) is 1. The van der Waals surface area contributed by atoms with Gasteiger partial charge in [0.05, 0.1) is 17.9 Å². The number of Topliss-reactive ketones (excluding diaryl/α,β-unsaturated/α-hetero) is 1. The highest BCUT2D eigenvalue weighted by Crippen LogP contribution is 2.77. The van der Waals surface area contributed by atoms with Gasteiger partial charge >= 0.3 is 11.9 Å². The zero-order valence-electron chi connectivity index (χ0n) is 37.4. The first kappa shape index (κ1) is 44.0. The van der Waals surface area contributed by atoms with E-state index in [0.29, 0.717) is 24.8 Å². The smallest absolute Gasteiger partial charge is 0.309 e. The summed E-state index contributed by atoms with van der Waals surface area (Å²) in [6.45, 7) is 23.0. The van der Waals surface area contributed by atoms with E-state index in [9.17, 15) is 24.6 Å². The minimum atomic E-state index is -1.17. The monoisotopic (exact) mass is 789 g/mol. The van der Waals surface area contributed by atoms with Gasteiger partial charge in [-0.3, -0.25) is 19.3 Å². The molecule has 0 amide bonds. The number of carboxylic acids is 1. The van der Waals surface area contributed by atoms with Crippen molar-refractivity contribution >= 4 is 17.7 Å². The van der Waals surface area contributed by atoms with Crippen LogP contribution in [0.1, 0.15) is 132 Å². The number of hydrogen-bond acceptors (Lipinski definition) is 7. The van der Waals surface area contributed by atoms with Crippen LogP contribution in [-0.4, -0.2) is 90.2 Å². The van der Waals surface area contributed by atoms with Crippen LogP contribution in [0.25, 0.3) is 0 Å². The van der Waals surface area contributed by atoms with Gasteiger partial charge in [0.2, 0.25) is 0 Å². The van der Waals surface area contributed by atoms with E-state index >= 15 is 0 Å². The molecule has 2 unspecified atom stereocenters. The number of hydrogen-bond donors (Lipinski definition) is 2. The Bertz CT molecular complexity index is 1700. The van der Waals surface area contributed by atoms with Gasteiger partial charge in [0.15, 0.2) is 5.78 Å². The third-order valence-corrected chi connectivity index (χ3v) is 17.4. The molecule has 1 aromatic carbocycles. The molecule has 0 aliphatic heterocycles. The van der Waals surface area contributed by atoms with Crippen molar-refractivity contribution in [2.75, 3.05) is 40.3 Å². The minimum absolute atomic E-state index is 0.0129. The van der Waals surface area contributed by atoms with Crippen LogP contribution in [-0.2, 0) is 25.5 Å². The Hall–Kier alpha value is -2.55. The van der Waals surface area contributed by atoms with Crippen molar-refractivity contribution in [3.05, 3.63) is 47.0 Å². The molecule has 2 N–H and O–H groups in total. The highest BCUT2D eigenvalue weighted by atomic mass is 16.5. The van der Waals surface area contributed by atoms with Crippen LogP contribution >= 0.6 is 0 Å². The number of allylic oxidation sites excluding steroid dienone is 1. The van der Waals surface area contributed by atoms with Gasteiger partial charge in [-0.05, 0) is 137 Å². The van der Waals surface area contributed by atoms with Crippen molar-refractivity contribution in [3.63, 3.8) is 0 Å². The number of ether oxygens (including phenoxy) is 1. The molecule has 0 spiro atoms. The maximum atomic E-state index is 14.3. The summed E-state index contributed by atoms with van der Waals surface area (Å²) in [7, 11) is 4.21. The normalized spacial score (nSPS) is 35.5. The van der Waals surface area contributed by atoms with Crippen molar-refractivity contribution in [2.45, 2.75) is 145 Å². The van der Waals surface area contributed by atoms with Crippen LogP contribution in [0.3, 0.4) is 0 Å². The lowest BCUT2D eigenvalue weighted by atomic mass is 9.33. The molecule has 4 saturated carbocycles. The first-order chi connectivity index (χ1) is 26.5. The molecule has 5 aliphatic rings. The second kappa shape index (κ2) is 15.8. The number of ketones is 1. The largest absolute Gasteiger partial charge is 0.481 e. The molecular weight excluding hydrogens is 713 g/mol. The number of fused-ring (bicyclic) bond motifs is 7. The molecular formula is C49H76N2O6. The summed E-state index contributed by atoms with van der Waals surface area (Å²) in [4.78, 5) is 43.9. The summed E-state index contributed by atoms with van der Waals surface area (Å²) in [6, 6.07) is 10.6. The van der Waals surface area contributed by atoms with Crippen LogP contribution in [0.2, 0.25) is 0 Å². The van der Waals surface area contributed by atoms with E-state index in [2.05, 4.69) is 103 Å². The van der Waals surface area contributed by atoms with Gasteiger partial charge in [-0.1, -0.05) is 84.4 Å². The molecule has 8 nitrogen and oxygen atoms in total. The van der Waals surface area contributed by atoms with Gasteiger partial charge in [-0.15, -0.1) is 0 Å². The number of rotatable bonds is 14. The molecule has 5 aliphatic carbocycles. The lowest BCUT2D eigenvalue weighted by Crippen LogP contribution is -2.66. The van der Waals surface area contributed by atoms with E-state index < -0.39 is 28.9 Å². The lowest BCUT2D eigenvalue weighted by Gasteiger charge is -2.72. The van der Waals surface area contributed by atoms with Gasteiger partial charge in [0, 0.05) is 43.4 Å². The maximum absolute atomic E-state index is 14.3. The van der Waals surface area contributed by atoms with Crippen molar-refractivity contribution in [3.8, 4) is 0 Å². The molecule has 4 fully saturated rings. The molecule has 318 valence electrons. The van der Waals surface area contributed by atoms with Crippen LogP contribution in [0.5, 0.6) is 0 Å². The Morgan fingerprint density at radius 1 is 0.877 bits per heavy atom. The lowest BCUT2D eigenvalue weighted by molar-refractivity contribution is -0.235. The number of aliphatic hydroxyl groups is 1. The van der Waals surface area contributed by atoms with E-state index in [1.807, 2.05) is 0 Å². The van der Waals surface area contributed by atoms with E-state index in [-0.39, 0.29) is 51.8 Å². The van der Waals surface area contributed by atoms with Crippen LogP contribution in [0.4, 0.5) is 0 Å². The summed E-state index contributed by atoms with van der Waals surface area (Å²) in [5, 5.41) is 22.3. The van der Waals surface area contributed by atoms with Crippen molar-refractivity contribution in [1.29, 1.82) is 0 Å². The third kappa shape index (κ3) is 7.60. The molecule has 9 atom stereocenters. The van der Waals surface area contributed by atoms with Crippen molar-refractivity contribution in [1.82, 2.24) is 9.80 Å². The summed E-state index contributed by atoms with van der Waals surface area (Å²) in [5.41, 5.74) is 1.82. The molecule has 8 heteroatoms. The average molecular weight is 789 g/mol. The second-order valence-corrected chi connectivity index (χ2v) is 21.9. The fraction of sp³-hybridized carbons (Fsp3) is 0.776. The van der Waals surface area contributed by atoms with Gasteiger partial charge in [-0.2, -0.15) is 0 Å². The van der Waals surface area contributed by atoms with Crippen LogP contribution in [0.15, 0.2) is 41.5 Å². The highest BCUT2D eigenvalue weighted by molar-refractivity contribution is 6.00. The number of carbonyl (C=O) groups excluding carboxylic acids is 2. The first-order valence-corrected chi connectivity index (χ1v) is 22.3. The SMILES string of the molecule is CC(C)C1=C2[C@H]3CC[C@@H]4[C@@]5(C)CC[C@H](OC(=O)CC(C)(C)C(=O)O)C(C)(C)[C@@H]5CC[C@@]4(C)[C@]3(C)CCC2(C(O)CN(CCc2ccccc2)CCN(C)C)CC1=O. The standard InChI is InChI=1S/C49H76N2O6/c1-32(2)41-35(52)29-49(38(53)31-51(28-27-50(10)11)26-21-33-15-13-12-14-16-33)25-24-47(8)34(42(41)49)17-18-37-46(7)22-20-39(57-40(54)30-44(3,4)43(55)56)45(5,6)36(46)19-23-48(37,47)9/h12-16,32,34,36-39,53H,17-31H2,1-11H3,(H,55,56)/t34-,36+,37-,38?,39+,46+,47-,48-,49?/m1/s1. The zero-order valence-corrected chi connectivity index (χ0v) is 37.4. The molecule has 57 heavy (non-hydrogen) atoms. The quantitative estimate of drug-likeness (QED) is 0.180. The highest BCUT2D eigenvalue weighted by Gasteiger charge is 2.71. The number of aliphatic carboxylic acids is 1. The van der Waals surface area contributed by atoms with E-state index in [1.165, 1.54) is 11.1 Å². The number of benzene rings is 1. The van der Waals surface area contributed by atoms with Crippen molar-refractivity contribution in [2.24, 2.45) is 56.2 Å². The third-order valence-electron chi connectivity index (χ3n) is 17.4. The average Bonchev–Trinajstić information content (AvgIpc) is 3.44. The molecule has 0 saturated heterocycles. The maximum Gasteiger partial charge on any atom is 0.309 e. The second-order valence-electron chi connectivity index (χ2n) is 21.9. The number of carboxylic acid groups (broad SMARTS) is 1. The molecule has 0 aromatic heterocycles. The van der Waals surface area contributed by atoms with Gasteiger partial charge in [0.1, 0.15) is 6.10 Å². The van der Waals surface area contributed by atoms with Gasteiger partial charge in [0.25, 0.3) is 0 Å². The summed E-state index contributed by atoms with van der Waals surface area (Å²) >= 11 is 0. The first-order valence-electron chi connectivity index (χ1n) is 22.3. The minimum Gasteiger partial charge on any atom is -0.481 e.